The van der Waals surface area contributed by atoms with Gasteiger partial charge in [0.1, 0.15) is 11.5 Å². The second-order valence-corrected chi connectivity index (χ2v) is 9.75. The number of hydrogen-bond donors (Lipinski definition) is 0. The van der Waals surface area contributed by atoms with E-state index < -0.39 is 14.9 Å². The van der Waals surface area contributed by atoms with Crippen LogP contribution in [-0.4, -0.2) is 54.6 Å². The van der Waals surface area contributed by atoms with Crippen LogP contribution in [0.3, 0.4) is 0 Å². The Balaban J connectivity index is 1.45. The molecule has 34 heavy (non-hydrogen) atoms. The number of amides is 1. The minimum absolute atomic E-state index is 0.0905. The molecular weight excluding hydrogens is 458 g/mol. The van der Waals surface area contributed by atoms with E-state index >= 15 is 0 Å². The summed E-state index contributed by atoms with van der Waals surface area (Å²) in [5.74, 6) is 0.962. The van der Waals surface area contributed by atoms with E-state index in [1.807, 2.05) is 30.3 Å². The Bertz CT molecular complexity index is 1320. The fourth-order valence-electron chi connectivity index (χ4n) is 3.75. The maximum Gasteiger partial charge on any atom is 0.270 e. The van der Waals surface area contributed by atoms with Crippen molar-refractivity contribution in [1.29, 1.82) is 0 Å². The van der Waals surface area contributed by atoms with E-state index in [-0.39, 0.29) is 42.7 Å². The van der Waals surface area contributed by atoms with E-state index in [4.69, 9.17) is 4.74 Å². The first-order chi connectivity index (χ1) is 16.3. The van der Waals surface area contributed by atoms with Crippen molar-refractivity contribution in [2.75, 3.05) is 26.2 Å². The molecule has 1 heterocycles. The molecule has 1 amide bonds. The normalized spacial score (nSPS) is 14.6. The summed E-state index contributed by atoms with van der Waals surface area (Å²) in [5, 5.41) is 11.1. The summed E-state index contributed by atoms with van der Waals surface area (Å²) in [6, 6.07) is 19.9. The third-order valence-corrected chi connectivity index (χ3v) is 7.63. The highest BCUT2D eigenvalue weighted by molar-refractivity contribution is 7.89. The molecule has 1 aliphatic heterocycles. The van der Waals surface area contributed by atoms with E-state index in [0.717, 1.165) is 6.07 Å². The quantitative estimate of drug-likeness (QED) is 0.391. The van der Waals surface area contributed by atoms with Gasteiger partial charge in [0.05, 0.1) is 9.82 Å². The van der Waals surface area contributed by atoms with Crippen molar-refractivity contribution >= 4 is 21.6 Å². The summed E-state index contributed by atoms with van der Waals surface area (Å²) in [7, 11) is -3.93. The Kier molecular flexibility index (Phi) is 6.62. The zero-order chi connectivity index (χ0) is 24.3. The molecule has 0 N–H and O–H groups in total. The van der Waals surface area contributed by atoms with Crippen LogP contribution in [0.4, 0.5) is 5.69 Å². The number of nitro groups is 1. The highest BCUT2D eigenvalue weighted by Gasteiger charge is 2.32. The number of ether oxygens (including phenoxy) is 1. The summed E-state index contributed by atoms with van der Waals surface area (Å²) >= 11 is 0. The largest absolute Gasteiger partial charge is 0.457 e. The van der Waals surface area contributed by atoms with Gasteiger partial charge >= 0.3 is 0 Å². The van der Waals surface area contributed by atoms with Gasteiger partial charge in [0.25, 0.3) is 11.6 Å². The molecule has 3 aromatic carbocycles. The molecular formula is C24H23N3O6S. The van der Waals surface area contributed by atoms with Gasteiger partial charge in [-0.3, -0.25) is 14.9 Å². The van der Waals surface area contributed by atoms with E-state index in [0.29, 0.717) is 22.6 Å². The number of rotatable bonds is 6. The van der Waals surface area contributed by atoms with Gasteiger partial charge < -0.3 is 9.64 Å². The number of nitrogens with zero attached hydrogens (tertiary/aromatic N) is 3. The van der Waals surface area contributed by atoms with Crippen molar-refractivity contribution in [2.45, 2.75) is 11.8 Å². The molecule has 0 saturated carbocycles. The highest BCUT2D eigenvalue weighted by Crippen LogP contribution is 2.26. The maximum atomic E-state index is 13.1. The van der Waals surface area contributed by atoms with Gasteiger partial charge in [0.15, 0.2) is 0 Å². The van der Waals surface area contributed by atoms with E-state index in [1.54, 1.807) is 36.1 Å². The summed E-state index contributed by atoms with van der Waals surface area (Å²) in [6.45, 7) is 2.19. The van der Waals surface area contributed by atoms with E-state index in [2.05, 4.69) is 0 Å². The number of aryl methyl sites for hydroxylation is 1. The second-order valence-electron chi connectivity index (χ2n) is 7.85. The van der Waals surface area contributed by atoms with Crippen LogP contribution in [0.5, 0.6) is 11.5 Å². The minimum Gasteiger partial charge on any atom is -0.457 e. The second kappa shape index (κ2) is 9.62. The lowest BCUT2D eigenvalue weighted by Gasteiger charge is -2.34. The van der Waals surface area contributed by atoms with Crippen molar-refractivity contribution in [3.05, 3.63) is 94.0 Å². The predicted octanol–water partition coefficient (Wildman–Crippen LogP) is 3.84. The van der Waals surface area contributed by atoms with Crippen molar-refractivity contribution in [2.24, 2.45) is 0 Å². The Morgan fingerprint density at radius 3 is 2.26 bits per heavy atom. The fourth-order valence-corrected chi connectivity index (χ4v) is 5.42. The minimum atomic E-state index is -3.93. The first kappa shape index (κ1) is 23.4. The standard InChI is InChI=1S/C24H23N3O6S/c1-18-10-11-20(27(29)30)17-23(18)34(31,32)26-14-12-25(13-15-26)24(28)19-6-5-9-22(16-19)33-21-7-3-2-4-8-21/h2-11,16-17H,12-15H2,1H3. The zero-order valence-electron chi connectivity index (χ0n) is 18.5. The molecule has 0 spiro atoms. The third-order valence-electron chi connectivity index (χ3n) is 5.59. The summed E-state index contributed by atoms with van der Waals surface area (Å²) in [6.07, 6.45) is 0. The van der Waals surface area contributed by atoms with Crippen molar-refractivity contribution in [3.63, 3.8) is 0 Å². The lowest BCUT2D eigenvalue weighted by atomic mass is 10.1. The molecule has 176 valence electrons. The third kappa shape index (κ3) is 4.92. The molecule has 1 saturated heterocycles. The lowest BCUT2D eigenvalue weighted by Crippen LogP contribution is -2.50. The summed E-state index contributed by atoms with van der Waals surface area (Å²) in [4.78, 5) is 25.0. The summed E-state index contributed by atoms with van der Waals surface area (Å²) in [5.41, 5.74) is 0.592. The van der Waals surface area contributed by atoms with Gasteiger partial charge in [-0.2, -0.15) is 4.31 Å². The maximum absolute atomic E-state index is 13.1. The molecule has 9 nitrogen and oxygen atoms in total. The molecule has 0 atom stereocenters. The van der Waals surface area contributed by atoms with Crippen molar-refractivity contribution in [3.8, 4) is 11.5 Å². The molecule has 0 radical (unpaired) electrons. The molecule has 0 bridgehead atoms. The number of para-hydroxylation sites is 1. The predicted molar refractivity (Wildman–Crippen MR) is 125 cm³/mol. The van der Waals surface area contributed by atoms with Gasteiger partial charge in [-0.1, -0.05) is 30.3 Å². The number of non-ortho nitro benzene ring substituents is 1. The van der Waals surface area contributed by atoms with Crippen LogP contribution in [0.1, 0.15) is 15.9 Å². The monoisotopic (exact) mass is 481 g/mol. The molecule has 0 unspecified atom stereocenters. The smallest absolute Gasteiger partial charge is 0.270 e. The average Bonchev–Trinajstić information content (AvgIpc) is 2.84. The highest BCUT2D eigenvalue weighted by atomic mass is 32.2. The Morgan fingerprint density at radius 1 is 0.912 bits per heavy atom. The van der Waals surface area contributed by atoms with E-state index in [1.165, 1.54) is 16.4 Å². The molecule has 0 aliphatic carbocycles. The lowest BCUT2D eigenvalue weighted by molar-refractivity contribution is -0.385. The van der Waals surface area contributed by atoms with Crippen LogP contribution in [0.2, 0.25) is 0 Å². The molecule has 1 fully saturated rings. The average molecular weight is 482 g/mol. The van der Waals surface area contributed by atoms with E-state index in [9.17, 15) is 23.3 Å². The van der Waals surface area contributed by atoms with Crippen molar-refractivity contribution in [1.82, 2.24) is 9.21 Å². The number of carbonyl (C=O) groups is 1. The number of benzene rings is 3. The zero-order valence-corrected chi connectivity index (χ0v) is 19.3. The fraction of sp³-hybridized carbons (Fsp3) is 0.208. The van der Waals surface area contributed by atoms with Crippen LogP contribution >= 0.6 is 0 Å². The first-order valence-electron chi connectivity index (χ1n) is 10.6. The number of nitro benzene ring substituents is 1. The number of sulfonamides is 1. The molecule has 10 heteroatoms. The number of carbonyl (C=O) groups excluding carboxylic acids is 1. The van der Waals surface area contributed by atoms with Crippen LogP contribution < -0.4 is 4.74 Å². The summed E-state index contributed by atoms with van der Waals surface area (Å²) < 4.78 is 33.3. The van der Waals surface area contributed by atoms with Gasteiger partial charge in [-0.15, -0.1) is 0 Å². The van der Waals surface area contributed by atoms with Gasteiger partial charge in [-0.25, -0.2) is 8.42 Å². The van der Waals surface area contributed by atoms with Crippen LogP contribution in [0, 0.1) is 17.0 Å². The van der Waals surface area contributed by atoms with Crippen LogP contribution in [-0.2, 0) is 10.0 Å². The Labute approximate surface area is 197 Å². The molecule has 1 aliphatic rings. The molecule has 3 aromatic rings. The number of piperazine rings is 1. The van der Waals surface area contributed by atoms with Crippen LogP contribution in [0.25, 0.3) is 0 Å². The van der Waals surface area contributed by atoms with Gasteiger partial charge in [0, 0.05) is 43.9 Å². The topological polar surface area (TPSA) is 110 Å². The van der Waals surface area contributed by atoms with Crippen LogP contribution in [0.15, 0.2) is 77.7 Å². The van der Waals surface area contributed by atoms with Gasteiger partial charge in [0.2, 0.25) is 10.0 Å². The van der Waals surface area contributed by atoms with Gasteiger partial charge in [-0.05, 0) is 42.8 Å². The SMILES string of the molecule is Cc1ccc([N+](=O)[O-])cc1S(=O)(=O)N1CCN(C(=O)c2cccc(Oc3ccccc3)c2)CC1. The Morgan fingerprint density at radius 2 is 1.59 bits per heavy atom. The first-order valence-corrected chi connectivity index (χ1v) is 12.1. The molecule has 0 aromatic heterocycles. The number of hydrogen-bond acceptors (Lipinski definition) is 6. The molecule has 4 rings (SSSR count). The van der Waals surface area contributed by atoms with Crippen molar-refractivity contribution < 1.29 is 22.9 Å². The Hall–Kier alpha value is -3.76.